The number of aromatic nitrogens is 1. The van der Waals surface area contributed by atoms with Gasteiger partial charge in [-0.15, -0.1) is 0 Å². The highest BCUT2D eigenvalue weighted by Crippen LogP contribution is 2.41. The van der Waals surface area contributed by atoms with E-state index in [0.29, 0.717) is 22.7 Å². The number of nitrogens with zero attached hydrogens (tertiary/aromatic N) is 3. The van der Waals surface area contributed by atoms with Crippen molar-refractivity contribution in [2.75, 3.05) is 38.5 Å². The van der Waals surface area contributed by atoms with Crippen molar-refractivity contribution in [3.8, 4) is 6.07 Å². The third-order valence-corrected chi connectivity index (χ3v) is 7.23. The molecule has 1 aliphatic carbocycles. The van der Waals surface area contributed by atoms with Crippen LogP contribution in [0.25, 0.3) is 5.57 Å². The van der Waals surface area contributed by atoms with Gasteiger partial charge in [0.2, 0.25) is 0 Å². The van der Waals surface area contributed by atoms with Gasteiger partial charge < -0.3 is 15.2 Å². The lowest BCUT2D eigenvalue weighted by Gasteiger charge is -2.37. The van der Waals surface area contributed by atoms with E-state index in [2.05, 4.69) is 72.2 Å². The van der Waals surface area contributed by atoms with E-state index in [4.69, 9.17) is 5.26 Å². The van der Waals surface area contributed by atoms with Crippen LogP contribution in [0.15, 0.2) is 36.5 Å². The van der Waals surface area contributed by atoms with E-state index in [1.165, 1.54) is 11.1 Å². The Morgan fingerprint density at radius 3 is 2.61 bits per heavy atom. The summed E-state index contributed by atoms with van der Waals surface area (Å²) in [6, 6.07) is 10.4. The number of carbonyl (C=O) groups is 1. The van der Waals surface area contributed by atoms with Crippen LogP contribution in [0.3, 0.4) is 0 Å². The molecule has 33 heavy (non-hydrogen) atoms. The zero-order valence-corrected chi connectivity index (χ0v) is 20.2. The molecule has 2 aliphatic rings. The first-order valence-electron chi connectivity index (χ1n) is 11.9. The highest BCUT2D eigenvalue weighted by molar-refractivity contribution is 6.04. The van der Waals surface area contributed by atoms with Crippen molar-refractivity contribution < 1.29 is 4.79 Å². The summed E-state index contributed by atoms with van der Waals surface area (Å²) < 4.78 is 0. The average Bonchev–Trinajstić information content (AvgIpc) is 3.29. The Labute approximate surface area is 197 Å². The molecule has 174 valence electrons. The third kappa shape index (κ3) is 5.38. The fraction of sp³-hybridized carbons (Fsp3) is 0.481. The molecule has 1 aromatic heterocycles. The van der Waals surface area contributed by atoms with Crippen LogP contribution in [-0.4, -0.2) is 53.9 Å². The maximum Gasteiger partial charge on any atom is 0.272 e. The van der Waals surface area contributed by atoms with Gasteiger partial charge >= 0.3 is 0 Å². The Morgan fingerprint density at radius 2 is 1.97 bits per heavy atom. The number of H-pyrrole nitrogens is 1. The minimum Gasteiger partial charge on any atom is -0.356 e. The van der Waals surface area contributed by atoms with Crippen molar-refractivity contribution in [1.82, 2.24) is 14.8 Å². The van der Waals surface area contributed by atoms with Crippen LogP contribution >= 0.6 is 0 Å². The number of nitriles is 1. The van der Waals surface area contributed by atoms with E-state index in [1.54, 1.807) is 12.3 Å². The van der Waals surface area contributed by atoms with Crippen molar-refractivity contribution in [2.45, 2.75) is 46.1 Å². The Balaban J connectivity index is 1.63. The molecule has 2 N–H and O–H groups in total. The highest BCUT2D eigenvalue weighted by atomic mass is 16.1. The molecule has 6 nitrogen and oxygen atoms in total. The van der Waals surface area contributed by atoms with Gasteiger partial charge in [-0.05, 0) is 68.0 Å². The minimum atomic E-state index is -0.227. The number of hydrogen-bond donors (Lipinski definition) is 2. The number of carbonyl (C=O) groups excluding carboxylic acids is 1. The predicted octanol–water partition coefficient (Wildman–Crippen LogP) is 5.04. The maximum atomic E-state index is 12.9. The first-order valence-corrected chi connectivity index (χ1v) is 11.9. The summed E-state index contributed by atoms with van der Waals surface area (Å²) in [7, 11) is 2.18. The molecule has 1 unspecified atom stereocenters. The van der Waals surface area contributed by atoms with Crippen molar-refractivity contribution >= 4 is 17.2 Å². The summed E-state index contributed by atoms with van der Waals surface area (Å²) in [5, 5.41) is 12.2. The number of rotatable bonds is 5. The Bertz CT molecular complexity index is 1080. The van der Waals surface area contributed by atoms with Crippen molar-refractivity contribution in [2.24, 2.45) is 5.41 Å². The smallest absolute Gasteiger partial charge is 0.272 e. The van der Waals surface area contributed by atoms with Crippen molar-refractivity contribution in [3.63, 3.8) is 0 Å². The standard InChI is InChI=1S/C27H35N5O/c1-19(32-13-11-31(4)12-14-32)22-5-6-24(30-26(33)25-15-20(17-28)18-29-25)23(16-22)21-7-9-27(2,3)10-8-21/h5-7,15-16,18-19,29H,8-14H2,1-4H3,(H,30,33). The molecule has 1 saturated heterocycles. The Kier molecular flexibility index (Phi) is 6.73. The maximum absolute atomic E-state index is 12.9. The van der Waals surface area contributed by atoms with Gasteiger partial charge in [-0.3, -0.25) is 9.69 Å². The van der Waals surface area contributed by atoms with Crippen LogP contribution in [0.2, 0.25) is 0 Å². The van der Waals surface area contributed by atoms with Gasteiger partial charge in [-0.25, -0.2) is 0 Å². The van der Waals surface area contributed by atoms with E-state index in [-0.39, 0.29) is 5.91 Å². The van der Waals surface area contributed by atoms with Crippen LogP contribution in [0.1, 0.15) is 73.3 Å². The zero-order valence-electron chi connectivity index (χ0n) is 20.2. The summed E-state index contributed by atoms with van der Waals surface area (Å²) in [4.78, 5) is 20.7. The molecular formula is C27H35N5O. The zero-order chi connectivity index (χ0) is 23.6. The molecule has 4 rings (SSSR count). The first-order chi connectivity index (χ1) is 15.8. The summed E-state index contributed by atoms with van der Waals surface area (Å²) in [6.07, 6.45) is 7.08. The lowest BCUT2D eigenvalue weighted by atomic mass is 9.76. The molecule has 0 radical (unpaired) electrons. The lowest BCUT2D eigenvalue weighted by molar-refractivity contribution is 0.102. The number of nitrogens with one attached hydrogen (secondary N) is 2. The quantitative estimate of drug-likeness (QED) is 0.676. The largest absolute Gasteiger partial charge is 0.356 e. The summed E-state index contributed by atoms with van der Waals surface area (Å²) in [6.45, 7) is 11.2. The first kappa shape index (κ1) is 23.3. The normalized spacial score (nSPS) is 20.0. The number of anilines is 1. The second kappa shape index (κ2) is 9.54. The highest BCUT2D eigenvalue weighted by Gasteiger charge is 2.25. The number of hydrogen-bond acceptors (Lipinski definition) is 4. The van der Waals surface area contributed by atoms with E-state index >= 15 is 0 Å². The van der Waals surface area contributed by atoms with Crippen LogP contribution in [0.4, 0.5) is 5.69 Å². The molecule has 2 aromatic rings. The SMILES string of the molecule is CC(c1ccc(NC(=O)c2cc(C#N)c[nH]2)c(C2=CCC(C)(C)CC2)c1)N1CCN(C)CC1. The molecule has 0 spiro atoms. The predicted molar refractivity (Wildman–Crippen MR) is 133 cm³/mol. The molecule has 1 amide bonds. The molecule has 1 aromatic carbocycles. The molecule has 1 aliphatic heterocycles. The van der Waals surface area contributed by atoms with Gasteiger partial charge in [0.25, 0.3) is 5.91 Å². The van der Waals surface area contributed by atoms with E-state index in [9.17, 15) is 4.79 Å². The molecular weight excluding hydrogens is 410 g/mol. The van der Waals surface area contributed by atoms with Crippen LogP contribution in [0.5, 0.6) is 0 Å². The number of piperazine rings is 1. The van der Waals surface area contributed by atoms with E-state index < -0.39 is 0 Å². The molecule has 1 fully saturated rings. The van der Waals surface area contributed by atoms with E-state index in [0.717, 1.165) is 56.7 Å². The number of benzene rings is 1. The fourth-order valence-electron chi connectivity index (χ4n) is 4.72. The van der Waals surface area contributed by atoms with Gasteiger partial charge in [-0.1, -0.05) is 26.0 Å². The summed E-state index contributed by atoms with van der Waals surface area (Å²) >= 11 is 0. The van der Waals surface area contributed by atoms with Gasteiger partial charge in [0.1, 0.15) is 11.8 Å². The average molecular weight is 446 g/mol. The van der Waals surface area contributed by atoms with Crippen LogP contribution < -0.4 is 5.32 Å². The van der Waals surface area contributed by atoms with E-state index in [1.807, 2.05) is 6.07 Å². The monoisotopic (exact) mass is 445 g/mol. The van der Waals surface area contributed by atoms with Gasteiger partial charge in [-0.2, -0.15) is 5.26 Å². The van der Waals surface area contributed by atoms with Crippen LogP contribution in [0, 0.1) is 16.7 Å². The molecule has 0 saturated carbocycles. The Hall–Kier alpha value is -2.88. The number of likely N-dealkylation sites (N-methyl/N-ethyl adjacent to an activating group) is 1. The lowest BCUT2D eigenvalue weighted by Crippen LogP contribution is -2.45. The molecule has 0 bridgehead atoms. The second-order valence-electron chi connectivity index (χ2n) is 10.3. The van der Waals surface area contributed by atoms with Gasteiger partial charge in [0, 0.05) is 49.7 Å². The topological polar surface area (TPSA) is 75.2 Å². The number of allylic oxidation sites excluding steroid dienone is 2. The minimum absolute atomic E-state index is 0.227. The number of amides is 1. The van der Waals surface area contributed by atoms with Gasteiger partial charge in [0.15, 0.2) is 0 Å². The van der Waals surface area contributed by atoms with Gasteiger partial charge in [0.05, 0.1) is 5.56 Å². The summed E-state index contributed by atoms with van der Waals surface area (Å²) in [5.41, 5.74) is 5.69. The number of aromatic amines is 1. The van der Waals surface area contributed by atoms with Crippen LogP contribution in [-0.2, 0) is 0 Å². The molecule has 6 heteroatoms. The van der Waals surface area contributed by atoms with Crippen molar-refractivity contribution in [3.05, 3.63) is 58.9 Å². The van der Waals surface area contributed by atoms with Crippen molar-refractivity contribution in [1.29, 1.82) is 5.26 Å². The molecule has 1 atom stereocenters. The molecule has 2 heterocycles. The second-order valence-corrected chi connectivity index (χ2v) is 10.3. The summed E-state index contributed by atoms with van der Waals surface area (Å²) in [5.74, 6) is -0.227. The fourth-order valence-corrected chi connectivity index (χ4v) is 4.72. The third-order valence-electron chi connectivity index (χ3n) is 7.23. The Morgan fingerprint density at radius 1 is 1.21 bits per heavy atom.